The summed E-state index contributed by atoms with van der Waals surface area (Å²) in [5, 5.41) is 21.5. The van der Waals surface area contributed by atoms with Crippen molar-refractivity contribution in [1.29, 1.82) is 0 Å². The van der Waals surface area contributed by atoms with Crippen molar-refractivity contribution in [2.45, 2.75) is 70.6 Å². The maximum Gasteiger partial charge on any atom is 0.338 e. The zero-order valence-corrected chi connectivity index (χ0v) is 20.5. The Hall–Kier alpha value is -2.15. The molecule has 1 N–H and O–H groups in total. The van der Waals surface area contributed by atoms with E-state index in [-0.39, 0.29) is 17.9 Å². The van der Waals surface area contributed by atoms with E-state index in [4.69, 9.17) is 28.4 Å². The number of non-ortho nitro benzene ring substituents is 1. The van der Waals surface area contributed by atoms with Gasteiger partial charge in [0.1, 0.15) is 12.2 Å². The van der Waals surface area contributed by atoms with Crippen molar-refractivity contribution >= 4 is 11.7 Å². The molecule has 1 aliphatic rings. The maximum absolute atomic E-state index is 12.7. The Morgan fingerprint density at radius 1 is 1.24 bits per heavy atom. The quantitative estimate of drug-likeness (QED) is 0.155. The van der Waals surface area contributed by atoms with Gasteiger partial charge in [0.15, 0.2) is 6.29 Å². The van der Waals surface area contributed by atoms with Crippen molar-refractivity contribution < 1.29 is 43.2 Å². The predicted molar refractivity (Wildman–Crippen MR) is 120 cm³/mol. The summed E-state index contributed by atoms with van der Waals surface area (Å²) in [5.41, 5.74) is 0.0381. The number of nitrogens with zero attached hydrogens (tertiary/aromatic N) is 1. The molecule has 0 radical (unpaired) electrons. The molecule has 1 aromatic rings. The third-order valence-corrected chi connectivity index (χ3v) is 6.14. The van der Waals surface area contributed by atoms with E-state index in [0.717, 1.165) is 12.8 Å². The highest BCUT2D eigenvalue weighted by Gasteiger charge is 2.52. The fourth-order valence-corrected chi connectivity index (χ4v) is 3.40. The number of carbonyl (C=O) groups excluding carboxylic acids is 1. The average molecular weight is 486 g/mol. The molecule has 0 unspecified atom stereocenters. The fraction of sp³-hybridized carbons (Fsp3) is 0.696. The number of ether oxygens (including phenoxy) is 6. The molecule has 34 heavy (non-hydrogen) atoms. The molecule has 6 atom stereocenters. The van der Waals surface area contributed by atoms with E-state index in [9.17, 15) is 20.0 Å². The van der Waals surface area contributed by atoms with Gasteiger partial charge in [-0.15, -0.1) is 0 Å². The van der Waals surface area contributed by atoms with Crippen molar-refractivity contribution in [3.8, 4) is 0 Å². The minimum absolute atomic E-state index is 0.0565. The Balaban J connectivity index is 2.21. The minimum atomic E-state index is -1.81. The molecular weight excluding hydrogens is 450 g/mol. The number of hydrogen-bond acceptors (Lipinski definition) is 10. The lowest BCUT2D eigenvalue weighted by Gasteiger charge is -2.47. The van der Waals surface area contributed by atoms with Gasteiger partial charge in [-0.2, -0.15) is 0 Å². The van der Waals surface area contributed by atoms with Crippen LogP contribution < -0.4 is 0 Å². The maximum atomic E-state index is 12.7. The third kappa shape index (κ3) is 6.49. The van der Waals surface area contributed by atoms with E-state index in [1.807, 2.05) is 13.8 Å². The predicted octanol–water partition coefficient (Wildman–Crippen LogP) is 3.03. The highest BCUT2D eigenvalue weighted by atomic mass is 16.8. The largest absolute Gasteiger partial charge is 0.456 e. The Morgan fingerprint density at radius 2 is 1.88 bits per heavy atom. The lowest BCUT2D eigenvalue weighted by Crippen LogP contribution is -2.61. The molecule has 0 saturated carbocycles. The number of rotatable bonds is 12. The highest BCUT2D eigenvalue weighted by Crippen LogP contribution is 2.36. The number of nitro groups is 1. The normalized spacial score (nSPS) is 26.3. The van der Waals surface area contributed by atoms with Crippen LogP contribution in [0.15, 0.2) is 24.3 Å². The molecular formula is C23H35NO10. The molecule has 1 saturated heterocycles. The Morgan fingerprint density at radius 3 is 2.41 bits per heavy atom. The molecule has 1 aromatic carbocycles. The van der Waals surface area contributed by atoms with Crippen LogP contribution in [0.1, 0.15) is 50.9 Å². The Bertz CT molecular complexity index is 814. The Kier molecular flexibility index (Phi) is 9.92. The van der Waals surface area contributed by atoms with Crippen LogP contribution in [0, 0.1) is 16.0 Å². The van der Waals surface area contributed by atoms with Crippen molar-refractivity contribution in [3.63, 3.8) is 0 Å². The highest BCUT2D eigenvalue weighted by molar-refractivity contribution is 5.89. The smallest absolute Gasteiger partial charge is 0.338 e. The summed E-state index contributed by atoms with van der Waals surface area (Å²) >= 11 is 0. The zero-order chi connectivity index (χ0) is 25.5. The number of nitro benzene ring substituents is 1. The fourth-order valence-electron chi connectivity index (χ4n) is 3.40. The second kappa shape index (κ2) is 12.0. The van der Waals surface area contributed by atoms with E-state index in [1.165, 1.54) is 52.3 Å². The number of hydrogen-bond donors (Lipinski definition) is 1. The molecule has 0 bridgehead atoms. The van der Waals surface area contributed by atoms with Crippen LogP contribution in [0.4, 0.5) is 5.69 Å². The second-order valence-corrected chi connectivity index (χ2v) is 8.45. The number of benzene rings is 1. The standard InChI is InChI=1S/C23H35NO10/c1-7-8-13-31-21-19(34-23(4,30-6)22(3,26)29-5)15(2)18(14-32-21)33-20(25)16-9-11-17(12-10-16)24(27)28/h9-12,15,18-19,21,26H,7-8,13-14H2,1-6H3/t15-,18+,19+,21-,22-,23+/m1/s1. The topological polar surface area (TPSA) is 136 Å². The van der Waals surface area contributed by atoms with Crippen LogP contribution in [-0.4, -0.2) is 73.5 Å². The molecule has 1 heterocycles. The molecule has 0 amide bonds. The van der Waals surface area contributed by atoms with Crippen LogP contribution in [0.3, 0.4) is 0 Å². The molecule has 0 aromatic heterocycles. The first-order valence-corrected chi connectivity index (χ1v) is 11.2. The summed E-state index contributed by atoms with van der Waals surface area (Å²) in [7, 11) is 2.70. The zero-order valence-electron chi connectivity index (χ0n) is 20.5. The number of aliphatic hydroxyl groups is 1. The first kappa shape index (κ1) is 28.1. The summed E-state index contributed by atoms with van der Waals surface area (Å²) in [5.74, 6) is -4.49. The van der Waals surface area contributed by atoms with Gasteiger partial charge in [-0.1, -0.05) is 20.3 Å². The summed E-state index contributed by atoms with van der Waals surface area (Å²) in [4.78, 5) is 23.0. The van der Waals surface area contributed by atoms with Gasteiger partial charge in [0.05, 0.1) is 17.1 Å². The summed E-state index contributed by atoms with van der Waals surface area (Å²) in [6, 6.07) is 5.13. The van der Waals surface area contributed by atoms with Gasteiger partial charge in [0.25, 0.3) is 5.69 Å². The molecule has 0 spiro atoms. The first-order chi connectivity index (χ1) is 16.0. The third-order valence-electron chi connectivity index (χ3n) is 6.14. The van der Waals surface area contributed by atoms with Gasteiger partial charge in [-0.3, -0.25) is 10.1 Å². The SMILES string of the molecule is CCCCO[C@@H]1OC[C@H](OC(=O)c2ccc([N+](=O)[O-])cc2)[C@@H](C)[C@@H]1O[C@](C)(OC)[C@](C)(O)OC. The Labute approximate surface area is 199 Å². The van der Waals surface area contributed by atoms with Gasteiger partial charge in [0, 0.05) is 38.9 Å². The van der Waals surface area contributed by atoms with Gasteiger partial charge in [-0.05, 0) is 32.4 Å². The van der Waals surface area contributed by atoms with Crippen LogP contribution in [0.25, 0.3) is 0 Å². The summed E-state index contributed by atoms with van der Waals surface area (Å²) in [6.07, 6.45) is -0.550. The summed E-state index contributed by atoms with van der Waals surface area (Å²) in [6.45, 7) is 7.27. The van der Waals surface area contributed by atoms with Gasteiger partial charge >= 0.3 is 5.97 Å². The van der Waals surface area contributed by atoms with Crippen molar-refractivity contribution in [3.05, 3.63) is 39.9 Å². The number of esters is 1. The van der Waals surface area contributed by atoms with E-state index in [0.29, 0.717) is 6.61 Å². The number of methoxy groups -OCH3 is 2. The molecule has 0 aliphatic carbocycles. The lowest BCUT2D eigenvalue weighted by atomic mass is 9.94. The van der Waals surface area contributed by atoms with Crippen molar-refractivity contribution in [2.24, 2.45) is 5.92 Å². The average Bonchev–Trinajstić information content (AvgIpc) is 2.82. The molecule has 11 heteroatoms. The van der Waals surface area contributed by atoms with Crippen LogP contribution >= 0.6 is 0 Å². The van der Waals surface area contributed by atoms with Gasteiger partial charge < -0.3 is 33.5 Å². The summed E-state index contributed by atoms with van der Waals surface area (Å²) < 4.78 is 34.2. The van der Waals surface area contributed by atoms with Crippen LogP contribution in [-0.2, 0) is 28.4 Å². The number of carbonyl (C=O) groups is 1. The van der Waals surface area contributed by atoms with Gasteiger partial charge in [-0.25, -0.2) is 4.79 Å². The van der Waals surface area contributed by atoms with E-state index < -0.39 is 46.9 Å². The lowest BCUT2D eigenvalue weighted by molar-refractivity contribution is -0.408. The molecule has 192 valence electrons. The molecule has 1 fully saturated rings. The minimum Gasteiger partial charge on any atom is -0.456 e. The number of unbranched alkanes of at least 4 members (excludes halogenated alkanes) is 1. The van der Waals surface area contributed by atoms with E-state index >= 15 is 0 Å². The van der Waals surface area contributed by atoms with Crippen molar-refractivity contribution in [1.82, 2.24) is 0 Å². The molecule has 11 nitrogen and oxygen atoms in total. The van der Waals surface area contributed by atoms with Crippen LogP contribution in [0.5, 0.6) is 0 Å². The molecule has 1 aliphatic heterocycles. The van der Waals surface area contributed by atoms with E-state index in [2.05, 4.69) is 0 Å². The van der Waals surface area contributed by atoms with Crippen molar-refractivity contribution in [2.75, 3.05) is 27.4 Å². The second-order valence-electron chi connectivity index (χ2n) is 8.45. The molecule has 2 rings (SSSR count). The monoisotopic (exact) mass is 485 g/mol. The first-order valence-electron chi connectivity index (χ1n) is 11.2. The van der Waals surface area contributed by atoms with E-state index in [1.54, 1.807) is 0 Å². The van der Waals surface area contributed by atoms with Crippen LogP contribution in [0.2, 0.25) is 0 Å². The van der Waals surface area contributed by atoms with Gasteiger partial charge in [0.2, 0.25) is 11.6 Å².